The van der Waals surface area contributed by atoms with Crippen LogP contribution in [0.25, 0.3) is 0 Å². The topological polar surface area (TPSA) is 84.7 Å². The number of nitrogens with zero attached hydrogens (tertiary/aromatic N) is 2. The standard InChI is InChI=1S/C17H25N3O4/c1-12-5-6-15(20(22)23)14(11-12)18-13-7-9-19(10-8-13)16(21)24-17(2,3)4/h5-6,11,13,18H,7-10H2,1-4H3. The first-order chi connectivity index (χ1) is 11.2. The van der Waals surface area contributed by atoms with Crippen LogP contribution in [0, 0.1) is 17.0 Å². The largest absolute Gasteiger partial charge is 0.444 e. The van der Waals surface area contributed by atoms with Gasteiger partial charge in [-0.3, -0.25) is 10.1 Å². The molecule has 1 amide bonds. The second-order valence-corrected chi connectivity index (χ2v) is 7.16. The zero-order valence-electron chi connectivity index (χ0n) is 14.7. The SMILES string of the molecule is Cc1ccc([N+](=O)[O-])c(NC2CCN(C(=O)OC(C)(C)C)CC2)c1. The minimum absolute atomic E-state index is 0.0789. The Morgan fingerprint density at radius 3 is 2.50 bits per heavy atom. The maximum Gasteiger partial charge on any atom is 0.410 e. The fraction of sp³-hybridized carbons (Fsp3) is 0.588. The zero-order chi connectivity index (χ0) is 17.9. The van der Waals surface area contributed by atoms with Crippen LogP contribution in [0.1, 0.15) is 39.2 Å². The Bertz CT molecular complexity index is 617. The Labute approximate surface area is 142 Å². The number of rotatable bonds is 3. The van der Waals surface area contributed by atoms with Gasteiger partial charge in [0.05, 0.1) is 4.92 Å². The van der Waals surface area contributed by atoms with E-state index < -0.39 is 5.60 Å². The van der Waals surface area contributed by atoms with Gasteiger partial charge in [-0.2, -0.15) is 0 Å². The molecule has 2 rings (SSSR count). The monoisotopic (exact) mass is 335 g/mol. The van der Waals surface area contributed by atoms with E-state index in [1.54, 1.807) is 17.0 Å². The molecule has 1 aromatic rings. The molecule has 1 fully saturated rings. The van der Waals surface area contributed by atoms with Crippen LogP contribution < -0.4 is 5.32 Å². The molecule has 132 valence electrons. The van der Waals surface area contributed by atoms with Crippen molar-refractivity contribution in [3.8, 4) is 0 Å². The predicted molar refractivity (Wildman–Crippen MR) is 92.3 cm³/mol. The average molecular weight is 335 g/mol. The molecule has 1 N–H and O–H groups in total. The number of nitro groups is 1. The lowest BCUT2D eigenvalue weighted by molar-refractivity contribution is -0.384. The molecule has 0 atom stereocenters. The molecule has 1 aliphatic rings. The van der Waals surface area contributed by atoms with E-state index in [-0.39, 0.29) is 22.7 Å². The van der Waals surface area contributed by atoms with Gasteiger partial charge in [0, 0.05) is 25.2 Å². The van der Waals surface area contributed by atoms with Crippen molar-refractivity contribution >= 4 is 17.5 Å². The molecule has 1 aliphatic heterocycles. The molecule has 0 spiro atoms. The third kappa shape index (κ3) is 4.84. The molecule has 0 unspecified atom stereocenters. The molecule has 0 radical (unpaired) electrons. The molecule has 24 heavy (non-hydrogen) atoms. The summed E-state index contributed by atoms with van der Waals surface area (Å²) < 4.78 is 5.37. The number of aryl methyl sites for hydroxylation is 1. The fourth-order valence-electron chi connectivity index (χ4n) is 2.68. The van der Waals surface area contributed by atoms with Gasteiger partial charge in [0.1, 0.15) is 11.3 Å². The summed E-state index contributed by atoms with van der Waals surface area (Å²) in [6, 6.07) is 5.14. The van der Waals surface area contributed by atoms with E-state index in [1.165, 1.54) is 6.07 Å². The maximum absolute atomic E-state index is 12.1. The van der Waals surface area contributed by atoms with Crippen LogP contribution in [0.2, 0.25) is 0 Å². The Balaban J connectivity index is 1.95. The summed E-state index contributed by atoms with van der Waals surface area (Å²) in [5, 5.41) is 14.4. The number of nitro benzene ring substituents is 1. The minimum Gasteiger partial charge on any atom is -0.444 e. The molecule has 1 saturated heterocycles. The van der Waals surface area contributed by atoms with Crippen molar-refractivity contribution < 1.29 is 14.5 Å². The number of nitrogens with one attached hydrogen (secondary N) is 1. The van der Waals surface area contributed by atoms with Crippen molar-refractivity contribution in [3.63, 3.8) is 0 Å². The zero-order valence-corrected chi connectivity index (χ0v) is 14.7. The second-order valence-electron chi connectivity index (χ2n) is 7.16. The van der Waals surface area contributed by atoms with Crippen LogP contribution in [0.4, 0.5) is 16.2 Å². The molecule has 7 nitrogen and oxygen atoms in total. The first-order valence-electron chi connectivity index (χ1n) is 8.15. The quantitative estimate of drug-likeness (QED) is 0.672. The Hall–Kier alpha value is -2.31. The van der Waals surface area contributed by atoms with Crippen LogP contribution in [0.5, 0.6) is 0 Å². The summed E-state index contributed by atoms with van der Waals surface area (Å²) in [6.07, 6.45) is 1.15. The van der Waals surface area contributed by atoms with E-state index >= 15 is 0 Å². The number of carbonyl (C=O) groups excluding carboxylic acids is 1. The van der Waals surface area contributed by atoms with E-state index in [2.05, 4.69) is 5.32 Å². The van der Waals surface area contributed by atoms with Crippen LogP contribution in [-0.4, -0.2) is 40.6 Å². The second kappa shape index (κ2) is 7.07. The molecule has 0 saturated carbocycles. The lowest BCUT2D eigenvalue weighted by atomic mass is 10.0. The third-order valence-electron chi connectivity index (χ3n) is 3.86. The van der Waals surface area contributed by atoms with Gasteiger partial charge < -0.3 is 15.0 Å². The number of anilines is 1. The van der Waals surface area contributed by atoms with Gasteiger partial charge in [0.25, 0.3) is 5.69 Å². The normalized spacial score (nSPS) is 15.9. The van der Waals surface area contributed by atoms with Gasteiger partial charge in [-0.1, -0.05) is 6.07 Å². The van der Waals surface area contributed by atoms with Crippen LogP contribution in [0.15, 0.2) is 18.2 Å². The molecular weight excluding hydrogens is 310 g/mol. The molecule has 1 aromatic carbocycles. The summed E-state index contributed by atoms with van der Waals surface area (Å²) in [7, 11) is 0. The highest BCUT2D eigenvalue weighted by molar-refractivity contribution is 5.68. The Morgan fingerprint density at radius 2 is 1.96 bits per heavy atom. The first-order valence-corrected chi connectivity index (χ1v) is 8.15. The smallest absolute Gasteiger partial charge is 0.410 e. The van der Waals surface area contributed by atoms with E-state index in [4.69, 9.17) is 4.74 Å². The van der Waals surface area contributed by atoms with Crippen molar-refractivity contribution in [3.05, 3.63) is 33.9 Å². The minimum atomic E-state index is -0.506. The summed E-state index contributed by atoms with van der Waals surface area (Å²) in [5.41, 5.74) is 1.08. The van der Waals surface area contributed by atoms with Gasteiger partial charge in [-0.05, 0) is 52.2 Å². The Morgan fingerprint density at radius 1 is 1.33 bits per heavy atom. The highest BCUT2D eigenvalue weighted by Crippen LogP contribution is 2.28. The number of benzene rings is 1. The molecule has 0 aliphatic carbocycles. The average Bonchev–Trinajstić information content (AvgIpc) is 2.46. The number of hydrogen-bond donors (Lipinski definition) is 1. The third-order valence-corrected chi connectivity index (χ3v) is 3.86. The summed E-state index contributed by atoms with van der Waals surface area (Å²) in [4.78, 5) is 24.5. The van der Waals surface area contributed by atoms with Gasteiger partial charge in [0.2, 0.25) is 0 Å². The van der Waals surface area contributed by atoms with Crippen LogP contribution in [-0.2, 0) is 4.74 Å². The summed E-state index contributed by atoms with van der Waals surface area (Å²) in [5.74, 6) is 0. The van der Waals surface area contributed by atoms with Crippen molar-refractivity contribution in [1.29, 1.82) is 0 Å². The van der Waals surface area contributed by atoms with Crippen molar-refractivity contribution in [2.24, 2.45) is 0 Å². The van der Waals surface area contributed by atoms with Crippen molar-refractivity contribution in [2.75, 3.05) is 18.4 Å². The highest BCUT2D eigenvalue weighted by atomic mass is 16.6. The molecule has 0 bridgehead atoms. The van der Waals surface area contributed by atoms with E-state index in [1.807, 2.05) is 27.7 Å². The number of amides is 1. The number of hydrogen-bond acceptors (Lipinski definition) is 5. The molecule has 0 aromatic heterocycles. The van der Waals surface area contributed by atoms with E-state index in [0.29, 0.717) is 18.8 Å². The summed E-state index contributed by atoms with van der Waals surface area (Å²) in [6.45, 7) is 8.58. The van der Waals surface area contributed by atoms with Crippen molar-refractivity contribution in [1.82, 2.24) is 4.90 Å². The number of carbonyl (C=O) groups is 1. The Kier molecular flexibility index (Phi) is 5.31. The van der Waals surface area contributed by atoms with Gasteiger partial charge >= 0.3 is 6.09 Å². The van der Waals surface area contributed by atoms with E-state index in [0.717, 1.165) is 18.4 Å². The van der Waals surface area contributed by atoms with Gasteiger partial charge in [-0.15, -0.1) is 0 Å². The first kappa shape index (κ1) is 18.0. The van der Waals surface area contributed by atoms with Crippen molar-refractivity contribution in [2.45, 2.75) is 52.2 Å². The lowest BCUT2D eigenvalue weighted by Gasteiger charge is -2.34. The fourth-order valence-corrected chi connectivity index (χ4v) is 2.68. The molecule has 1 heterocycles. The van der Waals surface area contributed by atoms with Gasteiger partial charge in [0.15, 0.2) is 0 Å². The number of piperidine rings is 1. The van der Waals surface area contributed by atoms with Crippen LogP contribution in [0.3, 0.4) is 0 Å². The van der Waals surface area contributed by atoms with Crippen LogP contribution >= 0.6 is 0 Å². The van der Waals surface area contributed by atoms with Gasteiger partial charge in [-0.25, -0.2) is 4.79 Å². The predicted octanol–water partition coefficient (Wildman–Crippen LogP) is 3.71. The molecule has 7 heteroatoms. The van der Waals surface area contributed by atoms with E-state index in [9.17, 15) is 14.9 Å². The lowest BCUT2D eigenvalue weighted by Crippen LogP contribution is -2.44. The number of ether oxygens (including phenoxy) is 1. The molecular formula is C17H25N3O4. The number of likely N-dealkylation sites (tertiary alicyclic amines) is 1. The summed E-state index contributed by atoms with van der Waals surface area (Å²) >= 11 is 0. The maximum atomic E-state index is 12.1. The highest BCUT2D eigenvalue weighted by Gasteiger charge is 2.27.